The summed E-state index contributed by atoms with van der Waals surface area (Å²) in [5.41, 5.74) is 4.73. The minimum Gasteiger partial charge on any atom is -0.281 e. The number of rotatable bonds is 0. The van der Waals surface area contributed by atoms with E-state index in [-0.39, 0.29) is 12.4 Å². The van der Waals surface area contributed by atoms with Crippen molar-refractivity contribution in [2.45, 2.75) is 0 Å². The third-order valence-electron chi connectivity index (χ3n) is 0. The molecule has 0 aliphatic rings. The predicted octanol–water partition coefficient (Wildman–Crippen LogP) is 1.29. The first-order valence-corrected chi connectivity index (χ1v) is 2.79. The van der Waals surface area contributed by atoms with Crippen LogP contribution >= 0.6 is 29.0 Å². The minimum atomic E-state index is 0. The maximum atomic E-state index is 4.73. The highest BCUT2D eigenvalue weighted by Crippen LogP contribution is 1.77. The maximum absolute atomic E-state index is 4.73. The first kappa shape index (κ1) is 8.85. The summed E-state index contributed by atoms with van der Waals surface area (Å²) < 4.78 is 0. The molecule has 4 heavy (non-hydrogen) atoms. The second kappa shape index (κ2) is 9.14. The van der Waals surface area contributed by atoms with Gasteiger partial charge in [-0.2, -0.15) is 0 Å². The Labute approximate surface area is 35.3 Å². The van der Waals surface area contributed by atoms with Crippen molar-refractivity contribution in [1.82, 2.24) is 0 Å². The van der Waals surface area contributed by atoms with E-state index in [1.54, 1.807) is 0 Å². The second-order valence-electron chi connectivity index (χ2n) is 0.129. The first-order valence-electron chi connectivity index (χ1n) is 0.482. The molecule has 2 N–H and O–H groups in total. The van der Waals surface area contributed by atoms with Crippen molar-refractivity contribution >= 4 is 29.0 Å². The third kappa shape index (κ3) is 13.5. The molecule has 0 atom stereocenters. The summed E-state index contributed by atoms with van der Waals surface area (Å²) in [5.74, 6) is 0. The molecule has 0 amide bonds. The summed E-state index contributed by atoms with van der Waals surface area (Å²) in [5, 5.41) is 0. The van der Waals surface area contributed by atoms with Crippen LogP contribution in [0.4, 0.5) is 0 Å². The van der Waals surface area contributed by atoms with E-state index in [2.05, 4.69) is 8.53 Å². The highest BCUT2D eigenvalue weighted by Gasteiger charge is 1.13. The molecular weight excluding hydrogens is 111 g/mol. The number of nitrogens with two attached hydrogens (primary N) is 1. The van der Waals surface area contributed by atoms with E-state index in [4.69, 9.17) is 5.50 Å². The Morgan fingerprint density at radius 1 is 1.75 bits per heavy atom. The molecule has 0 spiro atoms. The van der Waals surface area contributed by atoms with E-state index >= 15 is 0 Å². The molecule has 0 rings (SSSR count). The molecule has 0 aromatic rings. The van der Waals surface area contributed by atoms with Crippen LogP contribution in [0.25, 0.3) is 0 Å². The van der Waals surface area contributed by atoms with Gasteiger partial charge in [0.15, 0.2) is 0 Å². The van der Waals surface area contributed by atoms with E-state index in [1.165, 1.54) is 0 Å². The lowest BCUT2D eigenvalue weighted by molar-refractivity contribution is 2.05. The van der Waals surface area contributed by atoms with Gasteiger partial charge in [0.25, 0.3) is 0 Å². The fourth-order valence-corrected chi connectivity index (χ4v) is 0. The molecule has 0 bridgehead atoms. The Balaban J connectivity index is 0. The van der Waals surface area contributed by atoms with Gasteiger partial charge < -0.3 is 0 Å². The van der Waals surface area contributed by atoms with Gasteiger partial charge in [0.2, 0.25) is 0 Å². The summed E-state index contributed by atoms with van der Waals surface area (Å²) in [6.45, 7) is 0. The van der Waals surface area contributed by atoms with E-state index in [1.807, 2.05) is 0 Å². The summed E-state index contributed by atoms with van der Waals surface area (Å²) >= 11 is 0. The van der Waals surface area contributed by atoms with Gasteiger partial charge in [-0.15, -0.1) is 12.4 Å². The van der Waals surface area contributed by atoms with Gasteiger partial charge in [-0.1, -0.05) is 8.53 Å². The van der Waals surface area contributed by atoms with Crippen molar-refractivity contribution in [3.05, 3.63) is 0 Å². The monoisotopic (exact) mass is 115 g/mol. The lowest BCUT2D eigenvalue weighted by atomic mass is 13.9. The number of halogens is 1. The molecule has 0 fully saturated rings. The lowest BCUT2D eigenvalue weighted by Gasteiger charge is -1.34. The average molecular weight is 115 g/mol. The Bertz CT molecular complexity index is 13.5. The summed E-state index contributed by atoms with van der Waals surface area (Å²) in [6, 6.07) is 0. The molecule has 0 heterocycles. The van der Waals surface area contributed by atoms with Crippen LogP contribution in [0.5, 0.6) is 0 Å². The zero-order valence-corrected chi connectivity index (χ0v) is 4.64. The normalized spacial score (nSPS) is 5.25. The van der Waals surface area contributed by atoms with E-state index in [0.29, 0.717) is 0 Å². The van der Waals surface area contributed by atoms with Crippen molar-refractivity contribution in [3.8, 4) is 0 Å². The van der Waals surface area contributed by atoms with Crippen LogP contribution in [0.1, 0.15) is 0 Å². The number of hydrogen-bond acceptors (Lipinski definition) is 0. The molecule has 0 aromatic carbocycles. The molecule has 0 radical (unpaired) electrons. The van der Waals surface area contributed by atoms with Crippen LogP contribution in [0.15, 0.2) is 0 Å². The largest absolute Gasteiger partial charge is 0.281 e. The van der Waals surface area contributed by atoms with Crippen molar-refractivity contribution in [3.63, 3.8) is 0 Å². The standard InChI is InChI=1S/ClH.H3NP2/c;1-3-2/h1H;2H,1H2. The minimum absolute atomic E-state index is 0. The van der Waals surface area contributed by atoms with Crippen LogP contribution < -0.4 is 5.50 Å². The van der Waals surface area contributed by atoms with Gasteiger partial charge in [0.05, 0.1) is 0 Å². The zero-order chi connectivity index (χ0) is 2.71. The Kier molecular flexibility index (Phi) is 20.2. The molecule has 0 unspecified atom stereocenters. The van der Waals surface area contributed by atoms with E-state index < -0.39 is 0 Å². The molecular formula is H4ClNP2. The topological polar surface area (TPSA) is 26.0 Å². The molecule has 0 aliphatic carbocycles. The van der Waals surface area contributed by atoms with Crippen LogP contribution in [0.3, 0.4) is 0 Å². The SMILES string of the molecule is Cl.NP=P. The van der Waals surface area contributed by atoms with Crippen LogP contribution in [-0.4, -0.2) is 0 Å². The number of hydrogen-bond donors (Lipinski definition) is 1. The Morgan fingerprint density at radius 3 is 1.75 bits per heavy atom. The molecule has 26 valence electrons. The highest BCUT2D eigenvalue weighted by atomic mass is 35.5. The lowest BCUT2D eigenvalue weighted by Crippen LogP contribution is -1.49. The second-order valence-corrected chi connectivity index (χ2v) is 1.16. The molecule has 0 saturated heterocycles. The summed E-state index contributed by atoms with van der Waals surface area (Å²) in [4.78, 5) is 0. The quantitative estimate of drug-likeness (QED) is 0.473. The molecule has 1 nitrogen and oxygen atoms in total. The molecule has 0 aliphatic heterocycles. The fraction of sp³-hybridized carbons (Fsp3) is 0. The smallest absolute Gasteiger partial charge is 0.000794 e. The first-order chi connectivity index (χ1) is 1.41. The summed E-state index contributed by atoms with van der Waals surface area (Å²) in [6.07, 6.45) is 0. The van der Waals surface area contributed by atoms with Crippen molar-refractivity contribution in [2.24, 2.45) is 5.50 Å². The maximum Gasteiger partial charge on any atom is 0.000794 e. The van der Waals surface area contributed by atoms with Crippen molar-refractivity contribution < 1.29 is 0 Å². The average Bonchev–Trinajstić information content (AvgIpc) is 0.918. The molecule has 0 aromatic heterocycles. The predicted molar refractivity (Wildman–Crippen MR) is 26.7 cm³/mol. The van der Waals surface area contributed by atoms with Gasteiger partial charge >= 0.3 is 0 Å². The van der Waals surface area contributed by atoms with Crippen LogP contribution in [0, 0.1) is 0 Å². The van der Waals surface area contributed by atoms with E-state index in [9.17, 15) is 0 Å². The Morgan fingerprint density at radius 2 is 1.75 bits per heavy atom. The fourth-order valence-electron chi connectivity index (χ4n) is 0. The van der Waals surface area contributed by atoms with Gasteiger partial charge in [0.1, 0.15) is 0 Å². The van der Waals surface area contributed by atoms with Crippen LogP contribution in [-0.2, 0) is 0 Å². The van der Waals surface area contributed by atoms with Gasteiger partial charge in [-0.05, 0) is 0 Å². The van der Waals surface area contributed by atoms with E-state index in [0.717, 1.165) is 8.02 Å². The third-order valence-corrected chi connectivity index (χ3v) is 0. The van der Waals surface area contributed by atoms with Crippen LogP contribution in [0.2, 0.25) is 0 Å². The van der Waals surface area contributed by atoms with Gasteiger partial charge in [0, 0.05) is 8.02 Å². The van der Waals surface area contributed by atoms with Gasteiger partial charge in [-0.3, -0.25) is 5.50 Å². The van der Waals surface area contributed by atoms with Gasteiger partial charge in [-0.25, -0.2) is 0 Å². The van der Waals surface area contributed by atoms with Crippen molar-refractivity contribution in [1.29, 1.82) is 0 Å². The molecule has 0 saturated carbocycles. The zero-order valence-electron chi connectivity index (χ0n) is 1.93. The summed E-state index contributed by atoms with van der Waals surface area (Å²) in [7, 11) is 3.66. The molecule has 4 heteroatoms. The van der Waals surface area contributed by atoms with Crippen molar-refractivity contribution in [2.75, 3.05) is 0 Å². The highest BCUT2D eigenvalue weighted by molar-refractivity contribution is 7.72. The Hall–Kier alpha value is 0.850.